The van der Waals surface area contributed by atoms with Crippen LogP contribution >= 0.6 is 0 Å². The summed E-state index contributed by atoms with van der Waals surface area (Å²) in [6.07, 6.45) is 8.03. The molecule has 1 aromatic rings. The van der Waals surface area contributed by atoms with Crippen LogP contribution < -0.4 is 10.6 Å². The lowest BCUT2D eigenvalue weighted by atomic mass is 10.1. The molecule has 1 atom stereocenters. The average molecular weight is 265 g/mol. The van der Waals surface area contributed by atoms with Gasteiger partial charge < -0.3 is 15.2 Å². The van der Waals surface area contributed by atoms with E-state index in [1.807, 2.05) is 0 Å². The van der Waals surface area contributed by atoms with Crippen LogP contribution in [-0.2, 0) is 11.3 Å². The highest BCUT2D eigenvalue weighted by molar-refractivity contribution is 5.75. The lowest BCUT2D eigenvalue weighted by Gasteiger charge is -2.15. The van der Waals surface area contributed by atoms with E-state index in [9.17, 15) is 4.79 Å². The first-order valence-electron chi connectivity index (χ1n) is 7.30. The topological polar surface area (TPSA) is 46.1 Å². The van der Waals surface area contributed by atoms with Crippen molar-refractivity contribution < 1.29 is 4.79 Å². The molecule has 1 aromatic heterocycles. The van der Waals surface area contributed by atoms with E-state index in [2.05, 4.69) is 47.5 Å². The molecule has 108 valence electrons. The molecule has 1 amide bonds. The molecule has 0 aliphatic carbocycles. The monoisotopic (exact) mass is 265 g/mol. The van der Waals surface area contributed by atoms with Crippen LogP contribution in [-0.4, -0.2) is 24.1 Å². The fraction of sp³-hybridized carbons (Fsp3) is 0.667. The number of amides is 1. The molecule has 0 aliphatic rings. The zero-order valence-electron chi connectivity index (χ0n) is 12.4. The number of nitrogens with zero attached hydrogens (tertiary/aromatic N) is 1. The summed E-state index contributed by atoms with van der Waals surface area (Å²) in [6.45, 7) is 6.35. The van der Waals surface area contributed by atoms with E-state index < -0.39 is 0 Å². The molecule has 0 fully saturated rings. The molecule has 4 nitrogen and oxygen atoms in total. The van der Waals surface area contributed by atoms with E-state index in [1.165, 1.54) is 5.56 Å². The molecule has 0 aliphatic heterocycles. The third kappa shape index (κ3) is 5.47. The van der Waals surface area contributed by atoms with Crippen LogP contribution in [0.25, 0.3) is 0 Å². The van der Waals surface area contributed by atoms with Gasteiger partial charge in [0, 0.05) is 38.4 Å². The summed E-state index contributed by atoms with van der Waals surface area (Å²) in [5.41, 5.74) is 1.34. The van der Waals surface area contributed by atoms with Crippen LogP contribution in [0.2, 0.25) is 0 Å². The van der Waals surface area contributed by atoms with Crippen LogP contribution in [0.15, 0.2) is 18.5 Å². The number of carbonyl (C=O) groups is 1. The van der Waals surface area contributed by atoms with Gasteiger partial charge >= 0.3 is 0 Å². The lowest BCUT2D eigenvalue weighted by molar-refractivity contribution is -0.120. The fourth-order valence-electron chi connectivity index (χ4n) is 2.17. The normalized spacial score (nSPS) is 12.4. The minimum Gasteiger partial charge on any atom is -0.359 e. The van der Waals surface area contributed by atoms with Crippen LogP contribution in [0.3, 0.4) is 0 Å². The standard InChI is InChI=1S/C15H27N3O/c1-4-9-17-14(5-2)13-8-11-18(12-13)10-6-7-15(19)16-3/h8,11-12,14,17H,4-7,9-10H2,1-3H3,(H,16,19). The summed E-state index contributed by atoms with van der Waals surface area (Å²) < 4.78 is 2.18. The van der Waals surface area contributed by atoms with Crippen molar-refractivity contribution in [2.24, 2.45) is 0 Å². The van der Waals surface area contributed by atoms with Gasteiger partial charge in [-0.2, -0.15) is 0 Å². The van der Waals surface area contributed by atoms with Crippen LogP contribution in [0, 0.1) is 0 Å². The van der Waals surface area contributed by atoms with E-state index in [0.29, 0.717) is 12.5 Å². The molecule has 1 heterocycles. The molecule has 4 heteroatoms. The SMILES string of the molecule is CCCNC(CC)c1ccn(CCCC(=O)NC)c1. The second kappa shape index (κ2) is 8.75. The van der Waals surface area contributed by atoms with Crippen molar-refractivity contribution in [3.8, 4) is 0 Å². The second-order valence-corrected chi connectivity index (χ2v) is 4.87. The number of carbonyl (C=O) groups excluding carboxylic acids is 1. The van der Waals surface area contributed by atoms with E-state index in [-0.39, 0.29) is 5.91 Å². The largest absolute Gasteiger partial charge is 0.359 e. The maximum absolute atomic E-state index is 11.1. The number of aryl methyl sites for hydroxylation is 1. The van der Waals surface area contributed by atoms with Crippen LogP contribution in [0.1, 0.15) is 51.1 Å². The van der Waals surface area contributed by atoms with Gasteiger partial charge in [0.25, 0.3) is 0 Å². The molecule has 0 spiro atoms. The Hall–Kier alpha value is -1.29. The van der Waals surface area contributed by atoms with Crippen molar-refractivity contribution >= 4 is 5.91 Å². The van der Waals surface area contributed by atoms with Crippen molar-refractivity contribution in [1.82, 2.24) is 15.2 Å². The predicted molar refractivity (Wildman–Crippen MR) is 79.1 cm³/mol. The maximum Gasteiger partial charge on any atom is 0.219 e. The fourth-order valence-corrected chi connectivity index (χ4v) is 2.17. The van der Waals surface area contributed by atoms with Crippen LogP contribution in [0.4, 0.5) is 0 Å². The summed E-state index contributed by atoms with van der Waals surface area (Å²) in [6, 6.07) is 2.62. The van der Waals surface area contributed by atoms with Gasteiger partial charge in [-0.1, -0.05) is 13.8 Å². The van der Waals surface area contributed by atoms with Gasteiger partial charge in [-0.15, -0.1) is 0 Å². The zero-order valence-corrected chi connectivity index (χ0v) is 12.4. The highest BCUT2D eigenvalue weighted by atomic mass is 16.1. The highest BCUT2D eigenvalue weighted by Gasteiger charge is 2.09. The third-order valence-corrected chi connectivity index (χ3v) is 3.32. The summed E-state index contributed by atoms with van der Waals surface area (Å²) in [7, 11) is 1.68. The first-order valence-corrected chi connectivity index (χ1v) is 7.30. The Bertz CT molecular complexity index is 373. The quantitative estimate of drug-likeness (QED) is 0.720. The van der Waals surface area contributed by atoms with Crippen molar-refractivity contribution in [3.05, 3.63) is 24.0 Å². The number of rotatable bonds is 9. The van der Waals surface area contributed by atoms with Crippen molar-refractivity contribution in [2.75, 3.05) is 13.6 Å². The second-order valence-electron chi connectivity index (χ2n) is 4.87. The number of aromatic nitrogens is 1. The molecule has 0 aromatic carbocycles. The van der Waals surface area contributed by atoms with Gasteiger partial charge in [-0.05, 0) is 37.4 Å². The summed E-state index contributed by atoms with van der Waals surface area (Å²) in [4.78, 5) is 11.1. The first-order chi connectivity index (χ1) is 9.21. The Kier molecular flexibility index (Phi) is 7.26. The minimum absolute atomic E-state index is 0.114. The van der Waals surface area contributed by atoms with Crippen molar-refractivity contribution in [2.45, 2.75) is 52.1 Å². The van der Waals surface area contributed by atoms with Gasteiger partial charge in [0.1, 0.15) is 0 Å². The van der Waals surface area contributed by atoms with Crippen molar-refractivity contribution in [3.63, 3.8) is 0 Å². The van der Waals surface area contributed by atoms with Crippen molar-refractivity contribution in [1.29, 1.82) is 0 Å². The molecule has 0 saturated heterocycles. The molecule has 0 saturated carbocycles. The average Bonchev–Trinajstić information content (AvgIpc) is 2.88. The van der Waals surface area contributed by atoms with E-state index in [4.69, 9.17) is 0 Å². The first kappa shape index (κ1) is 15.8. The highest BCUT2D eigenvalue weighted by Crippen LogP contribution is 2.17. The summed E-state index contributed by atoms with van der Waals surface area (Å²) in [5, 5.41) is 6.20. The predicted octanol–water partition coefficient (Wildman–Crippen LogP) is 2.46. The molecule has 19 heavy (non-hydrogen) atoms. The summed E-state index contributed by atoms with van der Waals surface area (Å²) in [5.74, 6) is 0.114. The Morgan fingerprint density at radius 3 is 2.84 bits per heavy atom. The van der Waals surface area contributed by atoms with E-state index in [1.54, 1.807) is 7.05 Å². The number of hydrogen-bond donors (Lipinski definition) is 2. The van der Waals surface area contributed by atoms with Gasteiger partial charge in [-0.25, -0.2) is 0 Å². The number of nitrogens with one attached hydrogen (secondary N) is 2. The Morgan fingerprint density at radius 1 is 1.42 bits per heavy atom. The number of hydrogen-bond acceptors (Lipinski definition) is 2. The summed E-state index contributed by atoms with van der Waals surface area (Å²) >= 11 is 0. The Labute approximate surface area is 116 Å². The molecule has 2 N–H and O–H groups in total. The smallest absolute Gasteiger partial charge is 0.219 e. The van der Waals surface area contributed by atoms with E-state index >= 15 is 0 Å². The molecule has 0 bridgehead atoms. The van der Waals surface area contributed by atoms with Gasteiger partial charge in [0.05, 0.1) is 0 Å². The minimum atomic E-state index is 0.114. The van der Waals surface area contributed by atoms with E-state index in [0.717, 1.165) is 32.4 Å². The zero-order chi connectivity index (χ0) is 14.1. The van der Waals surface area contributed by atoms with Gasteiger partial charge in [0.2, 0.25) is 5.91 Å². The molecule has 1 rings (SSSR count). The lowest BCUT2D eigenvalue weighted by Crippen LogP contribution is -2.21. The van der Waals surface area contributed by atoms with Gasteiger partial charge in [0.15, 0.2) is 0 Å². The van der Waals surface area contributed by atoms with Gasteiger partial charge in [-0.3, -0.25) is 4.79 Å². The molecule has 1 unspecified atom stereocenters. The molecule has 0 radical (unpaired) electrons. The molecular weight excluding hydrogens is 238 g/mol. The molecular formula is C15H27N3O. The maximum atomic E-state index is 11.1. The third-order valence-electron chi connectivity index (χ3n) is 3.32. The Morgan fingerprint density at radius 2 is 2.21 bits per heavy atom. The van der Waals surface area contributed by atoms with Crippen LogP contribution in [0.5, 0.6) is 0 Å². The Balaban J connectivity index is 2.44.